The normalized spacial score (nSPS) is 21.2. The number of aryl methyl sites for hydroxylation is 1. The first-order valence-electron chi connectivity index (χ1n) is 19.7. The lowest BCUT2D eigenvalue weighted by Gasteiger charge is -2.21. The minimum Gasteiger partial charge on any atom is -0.390 e. The van der Waals surface area contributed by atoms with Crippen LogP contribution >= 0.6 is 46.9 Å². The van der Waals surface area contributed by atoms with Crippen molar-refractivity contribution in [3.8, 4) is 0 Å². The van der Waals surface area contributed by atoms with Crippen LogP contribution in [0, 0.1) is 6.92 Å². The first-order valence-corrected chi connectivity index (χ1v) is 28.6. The van der Waals surface area contributed by atoms with E-state index in [4.69, 9.17) is 23.7 Å². The van der Waals surface area contributed by atoms with E-state index in [1.165, 1.54) is 19.3 Å². The molecule has 0 spiro atoms. The van der Waals surface area contributed by atoms with Gasteiger partial charge in [0, 0.05) is 43.8 Å². The Morgan fingerprint density at radius 1 is 0.690 bits per heavy atom. The van der Waals surface area contributed by atoms with Crippen molar-refractivity contribution < 1.29 is 135 Å². The predicted molar refractivity (Wildman–Crippen MR) is 229 cm³/mol. The van der Waals surface area contributed by atoms with E-state index in [0.717, 1.165) is 22.9 Å². The Hall–Kier alpha value is -2.88. The highest BCUT2D eigenvalue weighted by atomic mass is 31.3. The topological polar surface area (TPSA) is 514 Å². The highest BCUT2D eigenvalue weighted by Gasteiger charge is 2.50. The van der Waals surface area contributed by atoms with Crippen LogP contribution < -0.4 is 27.4 Å². The van der Waals surface area contributed by atoms with E-state index < -0.39 is 101 Å². The second kappa shape index (κ2) is 29.9. The van der Waals surface area contributed by atoms with Crippen LogP contribution in [-0.4, -0.2) is 152 Å². The Bertz CT molecular complexity index is 2420. The lowest BCUT2D eigenvalue weighted by molar-refractivity contribution is -0.130. The second-order valence-electron chi connectivity index (χ2n) is 13.6. The molecule has 2 heterocycles. The van der Waals surface area contributed by atoms with E-state index in [1.54, 1.807) is 0 Å². The number of amides is 3. The number of aliphatic hydroxyl groups is 1. The number of ketones is 1. The number of hydrogen-bond acceptors (Lipinski definition) is 25. The fraction of sp³-hybridized carbons (Fsp3) is 0.655. The third kappa shape index (κ3) is 28.4. The average molecular weight is 1150 g/mol. The molecule has 1 aromatic rings. The summed E-state index contributed by atoms with van der Waals surface area (Å²) >= 11 is 0. The number of nitrogens with one attached hydrogen (secondary N) is 4. The SMILES string of the molecule is CC(=O)/C=C\C(=O)NCCC(=O)NCCOCCOCCOCCOCCC(=O)NOP(=O)(O)OP(=O)(O)OP(=O)(O)OP(=O)(O)OP(=O)(O)OP(=O)(O)OC[C@H]1OC(n2cc(C)c(=O)[nH]c2=O)CC1O. The molecular formula is C29H51N5O31P6. The predicted octanol–water partition coefficient (Wildman–Crippen LogP) is -1.53. The van der Waals surface area contributed by atoms with Gasteiger partial charge in [-0.15, -0.1) is 0 Å². The fourth-order valence-corrected chi connectivity index (χ4v) is 12.4. The summed E-state index contributed by atoms with van der Waals surface area (Å²) in [7, 11) is -37.8. The van der Waals surface area contributed by atoms with Gasteiger partial charge in [-0.1, -0.05) is 0 Å². The van der Waals surface area contributed by atoms with Gasteiger partial charge in [-0.2, -0.15) is 26.2 Å². The number of allylic oxidation sites excluding steroid dienone is 1. The highest BCUT2D eigenvalue weighted by molar-refractivity contribution is 7.72. The van der Waals surface area contributed by atoms with Crippen molar-refractivity contribution in [3.05, 3.63) is 44.8 Å². The maximum Gasteiger partial charge on any atom is 0.502 e. The number of ether oxygens (including phenoxy) is 5. The maximum absolute atomic E-state index is 12.3. The van der Waals surface area contributed by atoms with Crippen LogP contribution in [0.25, 0.3) is 0 Å². The van der Waals surface area contributed by atoms with Crippen LogP contribution in [-0.2, 0) is 101 Å². The van der Waals surface area contributed by atoms with Gasteiger partial charge in [0.25, 0.3) is 5.56 Å². The third-order valence-corrected chi connectivity index (χ3v) is 16.7. The van der Waals surface area contributed by atoms with Crippen LogP contribution in [0.5, 0.6) is 0 Å². The molecule has 0 radical (unpaired) electrons. The molecular weight excluding hydrogens is 1100 g/mol. The number of phosphoric ester groups is 1. The number of nitrogens with zero attached hydrogens (tertiary/aromatic N) is 1. The maximum atomic E-state index is 12.3. The minimum atomic E-state index is -6.58. The van der Waals surface area contributed by atoms with Crippen molar-refractivity contribution in [2.75, 3.05) is 72.6 Å². The Balaban J connectivity index is 1.61. The summed E-state index contributed by atoms with van der Waals surface area (Å²) in [5, 5.41) is 15.3. The van der Waals surface area contributed by atoms with Gasteiger partial charge in [0.15, 0.2) is 5.78 Å². The van der Waals surface area contributed by atoms with Gasteiger partial charge < -0.3 is 68.8 Å². The quantitative estimate of drug-likeness (QED) is 0.0157. The number of H-pyrrole nitrogens is 1. The monoisotopic (exact) mass is 1150 g/mol. The number of phosphoric acid groups is 6. The number of hydroxylamine groups is 1. The average Bonchev–Trinajstić information content (AvgIpc) is 3.58. The standard InChI is InChI=1S/C29H51N5O31P6/c1-20-18-34(29(41)32-28(20)40)27-17-22(36)23(59-27)19-58-66(42,43)61-68(46,47)63-70(50,51)65-71(52,53)64-69(48,49)62-67(44,45)60-33-26(39)6-9-54-11-13-56-15-16-57-14-12-55-10-8-31-25(38)5-7-30-24(37)4-3-21(2)35/h3-4,18,22-23,27,36H,5-17,19H2,1-2H3,(H,30,37)(H,31,38)(H,33,39)(H,42,43)(H,44,45)(H,46,47)(H,48,49)(H,50,51)(H,52,53)(H,32,40,41)/b4-3-/t22?,23-,27?/m1/s1. The van der Waals surface area contributed by atoms with Crippen molar-refractivity contribution in [2.24, 2.45) is 0 Å². The van der Waals surface area contributed by atoms with Crippen molar-refractivity contribution >= 4 is 70.4 Å². The van der Waals surface area contributed by atoms with Crippen molar-refractivity contribution in [2.45, 2.75) is 51.5 Å². The number of carbonyl (C=O) groups excluding carboxylic acids is 4. The van der Waals surface area contributed by atoms with Gasteiger partial charge >= 0.3 is 52.6 Å². The molecule has 0 aromatic carbocycles. The molecule has 0 saturated carbocycles. The van der Waals surface area contributed by atoms with Gasteiger partial charge in [-0.25, -0.2) is 37.7 Å². The van der Waals surface area contributed by atoms with E-state index >= 15 is 0 Å². The molecule has 8 unspecified atom stereocenters. The number of aliphatic hydroxyl groups excluding tert-OH is 1. The number of aromatic nitrogens is 2. The molecule has 1 aliphatic rings. The summed E-state index contributed by atoms with van der Waals surface area (Å²) in [5.74, 6) is -2.31. The summed E-state index contributed by atoms with van der Waals surface area (Å²) in [4.78, 5) is 130. The Morgan fingerprint density at radius 3 is 1.72 bits per heavy atom. The molecule has 11 N–H and O–H groups in total. The van der Waals surface area contributed by atoms with Gasteiger partial charge in [0.1, 0.15) is 12.3 Å². The van der Waals surface area contributed by atoms with Crippen molar-refractivity contribution in [1.29, 1.82) is 0 Å². The molecule has 408 valence electrons. The van der Waals surface area contributed by atoms with E-state index in [0.29, 0.717) is 0 Å². The smallest absolute Gasteiger partial charge is 0.390 e. The molecule has 9 atom stereocenters. The summed E-state index contributed by atoms with van der Waals surface area (Å²) in [6, 6.07) is 0. The zero-order valence-corrected chi connectivity index (χ0v) is 42.3. The van der Waals surface area contributed by atoms with Gasteiger partial charge in [0.2, 0.25) is 17.7 Å². The van der Waals surface area contributed by atoms with Crippen LogP contribution in [0.15, 0.2) is 27.9 Å². The molecule has 1 aliphatic heterocycles. The van der Waals surface area contributed by atoms with Crippen LogP contribution in [0.1, 0.15) is 38.0 Å². The first kappa shape index (κ1) is 64.2. The van der Waals surface area contributed by atoms with E-state index in [1.807, 2.05) is 4.98 Å². The number of carbonyl (C=O) groups is 4. The molecule has 42 heteroatoms. The molecule has 71 heavy (non-hydrogen) atoms. The molecule has 0 bridgehead atoms. The summed E-state index contributed by atoms with van der Waals surface area (Å²) in [5.41, 5.74) is -0.294. The first-order chi connectivity index (χ1) is 32.8. The second-order valence-corrected chi connectivity index (χ2v) is 22.9. The molecule has 36 nitrogen and oxygen atoms in total. The molecule has 0 aliphatic carbocycles. The fourth-order valence-electron chi connectivity index (χ4n) is 4.74. The van der Waals surface area contributed by atoms with Gasteiger partial charge in [-0.3, -0.25) is 38.0 Å². The lowest BCUT2D eigenvalue weighted by Crippen LogP contribution is -2.33. The number of rotatable bonds is 36. The molecule has 1 aromatic heterocycles. The molecule has 2 rings (SSSR count). The zero-order chi connectivity index (χ0) is 53.7. The minimum absolute atomic E-state index is 0.0262. The van der Waals surface area contributed by atoms with Crippen LogP contribution in [0.4, 0.5) is 0 Å². The van der Waals surface area contributed by atoms with E-state index in [9.17, 15) is 90.6 Å². The number of aromatic amines is 1. The highest BCUT2D eigenvalue weighted by Crippen LogP contribution is 2.75. The van der Waals surface area contributed by atoms with Crippen LogP contribution in [0.2, 0.25) is 0 Å². The lowest BCUT2D eigenvalue weighted by atomic mass is 10.2. The largest absolute Gasteiger partial charge is 0.502 e. The number of hydrogen-bond donors (Lipinski definition) is 11. The Kier molecular flexibility index (Phi) is 27.0. The van der Waals surface area contributed by atoms with Crippen molar-refractivity contribution in [3.63, 3.8) is 0 Å². The Morgan fingerprint density at radius 2 is 1.18 bits per heavy atom. The third-order valence-electron chi connectivity index (χ3n) is 7.65. The molecule has 1 saturated heterocycles. The van der Waals surface area contributed by atoms with Crippen molar-refractivity contribution in [1.82, 2.24) is 25.7 Å². The molecule has 1 fully saturated rings. The zero-order valence-electron chi connectivity index (χ0n) is 36.9. The molecule has 3 amide bonds. The van der Waals surface area contributed by atoms with E-state index in [-0.39, 0.29) is 96.0 Å². The summed E-state index contributed by atoms with van der Waals surface area (Å²) in [6.45, 7) is 2.33. The Labute approximate surface area is 399 Å². The van der Waals surface area contributed by atoms with Gasteiger partial charge in [-0.05, 0) is 19.9 Å². The van der Waals surface area contributed by atoms with Gasteiger partial charge in [0.05, 0.1) is 72.0 Å². The summed E-state index contributed by atoms with van der Waals surface area (Å²) in [6.07, 6.45) is -1.98. The van der Waals surface area contributed by atoms with E-state index in [2.05, 4.69) is 41.3 Å². The summed E-state index contributed by atoms with van der Waals surface area (Å²) < 4.78 is 127. The van der Waals surface area contributed by atoms with Crippen LogP contribution in [0.3, 0.4) is 0 Å².